The van der Waals surface area contributed by atoms with Gasteiger partial charge < -0.3 is 0 Å². The molecule has 10 aromatic rings. The molecule has 1 aliphatic heterocycles. The minimum Gasteiger partial charge on any atom is -0.0894 e. The summed E-state index contributed by atoms with van der Waals surface area (Å²) in [4.78, 5) is 2.68. The molecule has 0 nitrogen and oxygen atoms in total. The Labute approximate surface area is 392 Å². The molecule has 66 heavy (non-hydrogen) atoms. The maximum absolute atomic E-state index is 2.60. The van der Waals surface area contributed by atoms with Gasteiger partial charge in [0, 0.05) is 21.6 Å². The molecule has 0 N–H and O–H groups in total. The van der Waals surface area contributed by atoms with Crippen LogP contribution in [0.3, 0.4) is 0 Å². The van der Waals surface area contributed by atoms with Crippen LogP contribution in [0.5, 0.6) is 0 Å². The molecule has 2 atom stereocenters. The molecule has 0 radical (unpaired) electrons. The molecule has 0 amide bonds. The molecule has 13 rings (SSSR count). The number of rotatable bonds is 7. The minimum absolute atomic E-state index is 0.196. The molecule has 1 heterocycles. The van der Waals surface area contributed by atoms with Crippen LogP contribution in [0, 0.1) is 0 Å². The van der Waals surface area contributed by atoms with Crippen LogP contribution in [0.25, 0.3) is 44.2 Å². The summed E-state index contributed by atoms with van der Waals surface area (Å²) in [6.07, 6.45) is 4.10. The summed E-state index contributed by atoms with van der Waals surface area (Å²) >= 11 is 1.92. The van der Waals surface area contributed by atoms with Gasteiger partial charge in [0.25, 0.3) is 0 Å². The van der Waals surface area contributed by atoms with E-state index in [4.69, 9.17) is 0 Å². The van der Waals surface area contributed by atoms with Crippen LogP contribution in [-0.4, -0.2) is 0 Å². The molecule has 0 saturated heterocycles. The molecule has 0 fully saturated rings. The van der Waals surface area contributed by atoms with Gasteiger partial charge in [-0.1, -0.05) is 230 Å². The Bertz CT molecular complexity index is 3410. The van der Waals surface area contributed by atoms with Gasteiger partial charge in [0.15, 0.2) is 0 Å². The maximum atomic E-state index is 2.60. The van der Waals surface area contributed by atoms with Crippen molar-refractivity contribution in [3.8, 4) is 33.4 Å². The van der Waals surface area contributed by atoms with E-state index in [0.717, 1.165) is 25.7 Å². The summed E-state index contributed by atoms with van der Waals surface area (Å²) in [7, 11) is 0. The number of fused-ring (bicyclic) bond motifs is 14. The minimum atomic E-state index is -0.438. The van der Waals surface area contributed by atoms with E-state index >= 15 is 0 Å². The van der Waals surface area contributed by atoms with Crippen molar-refractivity contribution >= 4 is 22.5 Å². The van der Waals surface area contributed by atoms with Gasteiger partial charge >= 0.3 is 0 Å². The molecule has 314 valence electrons. The quantitative estimate of drug-likeness (QED) is 0.154. The molecule has 1 heteroatoms. The largest absolute Gasteiger partial charge is 0.0894 e. The second kappa shape index (κ2) is 16.1. The first-order valence-corrected chi connectivity index (χ1v) is 24.5. The summed E-state index contributed by atoms with van der Waals surface area (Å²) in [6, 6.07) is 87.7. The van der Waals surface area contributed by atoms with E-state index in [2.05, 4.69) is 231 Å². The third kappa shape index (κ3) is 6.28. The van der Waals surface area contributed by atoms with Crippen LogP contribution in [-0.2, 0) is 18.3 Å². The van der Waals surface area contributed by atoms with E-state index in [9.17, 15) is 0 Å². The summed E-state index contributed by atoms with van der Waals surface area (Å²) in [5.41, 5.74) is 21.5. The molecule has 0 bridgehead atoms. The highest BCUT2D eigenvalue weighted by molar-refractivity contribution is 7.99. The molecule has 1 spiro atoms. The SMILES string of the molecule is c1ccc(-c2ccc(C(CCc3ccc4c(c3)C3(c5ccccc5Sc5ccccc53)c3c-4ccc4ccccc34)c3ccc4c(c3)-c3ccccc3CCC4c3ccccc3)cc2)cc1. The lowest BCUT2D eigenvalue weighted by molar-refractivity contribution is 0.704. The van der Waals surface area contributed by atoms with Crippen molar-refractivity contribution in [1.29, 1.82) is 0 Å². The number of hydrogen-bond donors (Lipinski definition) is 0. The fraction of sp³-hybridized carbons (Fsp3) is 0.108. The molecular formula is C65H48S. The standard InChI is InChI=1S/C65H48S/c1-3-15-44(16-4-1)45-29-31-49(32-30-45)51(50-35-39-55-53(46-17-5-2-6-18-46)38-33-47-19-7-9-21-52(47)58(55)42-50)36-27-43-28-37-56-57-40-34-48-20-8-10-22-54(48)64(57)65(61(56)41-43)59-23-11-13-25-62(59)66-63-26-14-12-24-60(63)65/h1-26,28-32,34-35,37,39-42,51,53H,27,33,36,38H2. The topological polar surface area (TPSA) is 0 Å². The lowest BCUT2D eigenvalue weighted by Gasteiger charge is -2.40. The van der Waals surface area contributed by atoms with Crippen molar-refractivity contribution in [2.45, 2.75) is 52.7 Å². The summed E-state index contributed by atoms with van der Waals surface area (Å²) in [5.74, 6) is 0.543. The maximum Gasteiger partial charge on any atom is 0.0741 e. The number of hydrogen-bond acceptors (Lipinski definition) is 1. The van der Waals surface area contributed by atoms with Gasteiger partial charge in [0.05, 0.1) is 5.41 Å². The Morgan fingerprint density at radius 1 is 0.470 bits per heavy atom. The zero-order chi connectivity index (χ0) is 43.6. The first-order valence-electron chi connectivity index (χ1n) is 23.7. The van der Waals surface area contributed by atoms with Crippen LogP contribution in [0.2, 0.25) is 0 Å². The van der Waals surface area contributed by atoms with Gasteiger partial charge in [-0.15, -0.1) is 0 Å². The monoisotopic (exact) mass is 860 g/mol. The van der Waals surface area contributed by atoms with Gasteiger partial charge in [-0.05, 0) is 138 Å². The summed E-state index contributed by atoms with van der Waals surface area (Å²) in [6.45, 7) is 0. The van der Waals surface area contributed by atoms with Crippen molar-refractivity contribution < 1.29 is 0 Å². The van der Waals surface area contributed by atoms with E-state index in [1.165, 1.54) is 110 Å². The van der Waals surface area contributed by atoms with Crippen molar-refractivity contribution in [3.05, 3.63) is 286 Å². The Morgan fingerprint density at radius 3 is 1.92 bits per heavy atom. The average Bonchev–Trinajstić information content (AvgIpc) is 3.56. The van der Waals surface area contributed by atoms with E-state index < -0.39 is 5.41 Å². The molecule has 3 aliphatic rings. The molecule has 2 unspecified atom stereocenters. The molecule has 2 aliphatic carbocycles. The lowest BCUT2D eigenvalue weighted by Crippen LogP contribution is -2.32. The van der Waals surface area contributed by atoms with Gasteiger partial charge in [-0.2, -0.15) is 0 Å². The highest BCUT2D eigenvalue weighted by Gasteiger charge is 2.51. The summed E-state index contributed by atoms with van der Waals surface area (Å²) < 4.78 is 0. The third-order valence-corrected chi connectivity index (χ3v) is 16.2. The van der Waals surface area contributed by atoms with Gasteiger partial charge in [-0.3, -0.25) is 0 Å². The van der Waals surface area contributed by atoms with E-state index in [1.807, 2.05) is 11.8 Å². The van der Waals surface area contributed by atoms with Crippen LogP contribution in [0.4, 0.5) is 0 Å². The second-order valence-corrected chi connectivity index (χ2v) is 19.6. The van der Waals surface area contributed by atoms with Gasteiger partial charge in [0.1, 0.15) is 0 Å². The van der Waals surface area contributed by atoms with E-state index in [0.29, 0.717) is 5.92 Å². The fourth-order valence-corrected chi connectivity index (χ4v) is 13.3. The van der Waals surface area contributed by atoms with Crippen molar-refractivity contribution in [2.75, 3.05) is 0 Å². The fourth-order valence-electron chi connectivity index (χ4n) is 12.1. The van der Waals surface area contributed by atoms with E-state index in [1.54, 1.807) is 0 Å². The molecule has 0 saturated carbocycles. The zero-order valence-corrected chi connectivity index (χ0v) is 37.6. The molecule has 0 aromatic heterocycles. The van der Waals surface area contributed by atoms with Crippen molar-refractivity contribution in [1.82, 2.24) is 0 Å². The Morgan fingerprint density at radius 2 is 1.12 bits per heavy atom. The van der Waals surface area contributed by atoms with Gasteiger partial charge in [-0.25, -0.2) is 0 Å². The molecule has 10 aromatic carbocycles. The predicted octanol–water partition coefficient (Wildman–Crippen LogP) is 16.8. The van der Waals surface area contributed by atoms with E-state index in [-0.39, 0.29) is 5.92 Å². The second-order valence-electron chi connectivity index (χ2n) is 18.5. The smallest absolute Gasteiger partial charge is 0.0741 e. The van der Waals surface area contributed by atoms with Crippen molar-refractivity contribution in [2.24, 2.45) is 0 Å². The first kappa shape index (κ1) is 39.2. The normalized spacial score (nSPS) is 15.4. The van der Waals surface area contributed by atoms with Crippen LogP contribution < -0.4 is 0 Å². The average molecular weight is 861 g/mol. The highest BCUT2D eigenvalue weighted by Crippen LogP contribution is 2.63. The lowest BCUT2D eigenvalue weighted by atomic mass is 9.66. The Hall–Kier alpha value is -7.19. The van der Waals surface area contributed by atoms with Gasteiger partial charge in [0.2, 0.25) is 0 Å². The number of benzene rings is 10. The first-order chi connectivity index (χ1) is 32.7. The number of aryl methyl sites for hydroxylation is 2. The Kier molecular flexibility index (Phi) is 9.53. The Balaban J connectivity index is 0.955. The molecular weight excluding hydrogens is 813 g/mol. The predicted molar refractivity (Wildman–Crippen MR) is 276 cm³/mol. The van der Waals surface area contributed by atoms with Crippen LogP contribution >= 0.6 is 11.8 Å². The third-order valence-electron chi connectivity index (χ3n) is 15.1. The summed E-state index contributed by atoms with van der Waals surface area (Å²) in [5, 5.41) is 2.62. The highest BCUT2D eigenvalue weighted by atomic mass is 32.2. The van der Waals surface area contributed by atoms with Crippen molar-refractivity contribution in [3.63, 3.8) is 0 Å². The zero-order valence-electron chi connectivity index (χ0n) is 36.8. The van der Waals surface area contributed by atoms with Crippen LogP contribution in [0.15, 0.2) is 240 Å². The van der Waals surface area contributed by atoms with Crippen LogP contribution in [0.1, 0.15) is 80.3 Å².